The molecule has 0 unspecified atom stereocenters. The Bertz CT molecular complexity index is 1170. The molecule has 1 aliphatic rings. The van der Waals surface area contributed by atoms with Crippen LogP contribution in [-0.2, 0) is 17.6 Å². The smallest absolute Gasteiger partial charge is 0.262 e. The molecule has 5 rings (SSSR count). The molecule has 1 N–H and O–H groups in total. The van der Waals surface area contributed by atoms with Crippen molar-refractivity contribution < 1.29 is 13.9 Å². The third kappa shape index (κ3) is 3.56. The van der Waals surface area contributed by atoms with Crippen LogP contribution < -0.4 is 10.1 Å². The van der Waals surface area contributed by atoms with Crippen molar-refractivity contribution in [3.63, 3.8) is 0 Å². The third-order valence-electron chi connectivity index (χ3n) is 5.04. The van der Waals surface area contributed by atoms with Crippen molar-refractivity contribution in [2.45, 2.75) is 25.7 Å². The molecule has 29 heavy (non-hydrogen) atoms. The number of fused-ring (bicyclic) bond motifs is 3. The summed E-state index contributed by atoms with van der Waals surface area (Å²) in [6.45, 7) is -0.0827. The third-order valence-corrected chi connectivity index (χ3v) is 5.04. The fourth-order valence-electron chi connectivity index (χ4n) is 3.68. The zero-order chi connectivity index (χ0) is 19.6. The maximum absolute atomic E-state index is 12.3. The van der Waals surface area contributed by atoms with Crippen molar-refractivity contribution in [2.24, 2.45) is 0 Å². The predicted octanol–water partition coefficient (Wildman–Crippen LogP) is 3.30. The second-order valence-electron chi connectivity index (χ2n) is 7.01. The Hall–Kier alpha value is -3.68. The molecule has 0 saturated carbocycles. The van der Waals surface area contributed by atoms with Gasteiger partial charge in [-0.1, -0.05) is 6.07 Å². The SMILES string of the molecule is O=C(COc1ccc2oc3c(c2c1)CCCC3)Nc1cccc(-n2cnnn2)c1. The molecule has 146 valence electrons. The van der Waals surface area contributed by atoms with Crippen LogP contribution in [0.25, 0.3) is 16.7 Å². The lowest BCUT2D eigenvalue weighted by molar-refractivity contribution is -0.118. The van der Waals surface area contributed by atoms with Gasteiger partial charge >= 0.3 is 0 Å². The van der Waals surface area contributed by atoms with Gasteiger partial charge in [-0.25, -0.2) is 4.68 Å². The maximum Gasteiger partial charge on any atom is 0.262 e. The highest BCUT2D eigenvalue weighted by Crippen LogP contribution is 2.33. The van der Waals surface area contributed by atoms with Crippen molar-refractivity contribution >= 4 is 22.6 Å². The quantitative estimate of drug-likeness (QED) is 0.563. The molecule has 0 atom stereocenters. The van der Waals surface area contributed by atoms with E-state index in [4.69, 9.17) is 9.15 Å². The van der Waals surface area contributed by atoms with Crippen molar-refractivity contribution in [3.05, 3.63) is 60.1 Å². The lowest BCUT2D eigenvalue weighted by Gasteiger charge is -2.10. The lowest BCUT2D eigenvalue weighted by Crippen LogP contribution is -2.20. The number of carbonyl (C=O) groups is 1. The van der Waals surface area contributed by atoms with E-state index >= 15 is 0 Å². The van der Waals surface area contributed by atoms with Crippen molar-refractivity contribution in [2.75, 3.05) is 11.9 Å². The first-order valence-corrected chi connectivity index (χ1v) is 9.57. The van der Waals surface area contributed by atoms with E-state index in [0.29, 0.717) is 11.4 Å². The zero-order valence-electron chi connectivity index (χ0n) is 15.7. The summed E-state index contributed by atoms with van der Waals surface area (Å²) >= 11 is 0. The molecule has 8 nitrogen and oxygen atoms in total. The molecule has 1 aliphatic carbocycles. The summed E-state index contributed by atoms with van der Waals surface area (Å²) < 4.78 is 13.2. The maximum atomic E-state index is 12.3. The minimum Gasteiger partial charge on any atom is -0.484 e. The van der Waals surface area contributed by atoms with Gasteiger partial charge in [-0.15, -0.1) is 5.10 Å². The molecule has 0 bridgehead atoms. The number of rotatable bonds is 5. The van der Waals surface area contributed by atoms with Gasteiger partial charge < -0.3 is 14.5 Å². The van der Waals surface area contributed by atoms with E-state index in [0.717, 1.165) is 35.3 Å². The molecule has 8 heteroatoms. The molecule has 2 aromatic heterocycles. The van der Waals surface area contributed by atoms with E-state index in [1.54, 1.807) is 12.1 Å². The Balaban J connectivity index is 1.26. The Kier molecular flexibility index (Phi) is 4.44. The minimum absolute atomic E-state index is 0.0827. The number of carbonyl (C=O) groups excluding carboxylic acids is 1. The van der Waals surface area contributed by atoms with Gasteiger partial charge in [0.2, 0.25) is 0 Å². The number of amides is 1. The number of benzene rings is 2. The van der Waals surface area contributed by atoms with Gasteiger partial charge in [0.1, 0.15) is 23.4 Å². The van der Waals surface area contributed by atoms with Crippen LogP contribution in [0.15, 0.2) is 53.2 Å². The molecule has 0 spiro atoms. The fourth-order valence-corrected chi connectivity index (χ4v) is 3.68. The van der Waals surface area contributed by atoms with Gasteiger partial charge in [-0.3, -0.25) is 4.79 Å². The minimum atomic E-state index is -0.242. The number of nitrogens with one attached hydrogen (secondary N) is 1. The molecule has 2 heterocycles. The van der Waals surface area contributed by atoms with Gasteiger partial charge in [0.05, 0.1) is 5.69 Å². The Morgan fingerprint density at radius 1 is 1.17 bits per heavy atom. The highest BCUT2D eigenvalue weighted by molar-refractivity contribution is 5.92. The van der Waals surface area contributed by atoms with Crippen LogP contribution in [0.4, 0.5) is 5.69 Å². The summed E-state index contributed by atoms with van der Waals surface area (Å²) in [6.07, 6.45) is 5.87. The number of anilines is 1. The van der Waals surface area contributed by atoms with E-state index in [1.807, 2.05) is 30.3 Å². The monoisotopic (exact) mass is 389 g/mol. The van der Waals surface area contributed by atoms with Crippen LogP contribution in [0.1, 0.15) is 24.2 Å². The lowest BCUT2D eigenvalue weighted by atomic mass is 9.96. The summed E-state index contributed by atoms with van der Waals surface area (Å²) in [4.78, 5) is 12.3. The Labute approximate surface area is 166 Å². The van der Waals surface area contributed by atoms with Crippen molar-refractivity contribution in [1.82, 2.24) is 20.2 Å². The number of hydrogen-bond acceptors (Lipinski definition) is 6. The largest absolute Gasteiger partial charge is 0.484 e. The van der Waals surface area contributed by atoms with Gasteiger partial charge in [0, 0.05) is 23.1 Å². The number of aromatic nitrogens is 4. The Morgan fingerprint density at radius 2 is 2.10 bits per heavy atom. The van der Waals surface area contributed by atoms with Crippen LogP contribution >= 0.6 is 0 Å². The molecular formula is C21H19N5O3. The van der Waals surface area contributed by atoms with Gasteiger partial charge in [0.15, 0.2) is 6.61 Å². The average Bonchev–Trinajstić information content (AvgIpc) is 3.40. The number of nitrogens with zero attached hydrogens (tertiary/aromatic N) is 4. The van der Waals surface area contributed by atoms with Gasteiger partial charge in [-0.2, -0.15) is 0 Å². The zero-order valence-corrected chi connectivity index (χ0v) is 15.7. The van der Waals surface area contributed by atoms with Crippen molar-refractivity contribution in [3.8, 4) is 11.4 Å². The first-order chi connectivity index (χ1) is 14.3. The normalized spacial score (nSPS) is 13.2. The average molecular weight is 389 g/mol. The number of furan rings is 1. The predicted molar refractivity (Wildman–Crippen MR) is 106 cm³/mol. The summed E-state index contributed by atoms with van der Waals surface area (Å²) in [5.74, 6) is 1.50. The molecule has 0 radical (unpaired) electrons. The van der Waals surface area contributed by atoms with Crippen LogP contribution in [-0.4, -0.2) is 32.7 Å². The first kappa shape index (κ1) is 17.4. The second kappa shape index (κ2) is 7.38. The van der Waals surface area contributed by atoms with E-state index in [2.05, 4.69) is 20.8 Å². The van der Waals surface area contributed by atoms with Crippen molar-refractivity contribution in [1.29, 1.82) is 0 Å². The van der Waals surface area contributed by atoms with Crippen LogP contribution in [0, 0.1) is 0 Å². The van der Waals surface area contributed by atoms with E-state index in [-0.39, 0.29) is 12.5 Å². The summed E-state index contributed by atoms with van der Waals surface area (Å²) in [7, 11) is 0. The molecule has 0 aliphatic heterocycles. The van der Waals surface area contributed by atoms with Gasteiger partial charge in [0.25, 0.3) is 5.91 Å². The molecule has 2 aromatic carbocycles. The molecule has 0 saturated heterocycles. The van der Waals surface area contributed by atoms with E-state index < -0.39 is 0 Å². The molecule has 0 fully saturated rings. The Morgan fingerprint density at radius 3 is 3.00 bits per heavy atom. The number of hydrogen-bond donors (Lipinski definition) is 1. The number of ether oxygens (including phenoxy) is 1. The van der Waals surface area contributed by atoms with E-state index in [1.165, 1.54) is 29.4 Å². The van der Waals surface area contributed by atoms with Crippen LogP contribution in [0.3, 0.4) is 0 Å². The first-order valence-electron chi connectivity index (χ1n) is 9.57. The van der Waals surface area contributed by atoms with Gasteiger partial charge in [-0.05, 0) is 66.1 Å². The number of tetrazole rings is 1. The second-order valence-corrected chi connectivity index (χ2v) is 7.01. The summed E-state index contributed by atoms with van der Waals surface area (Å²) in [5, 5.41) is 15.0. The topological polar surface area (TPSA) is 95.1 Å². The highest BCUT2D eigenvalue weighted by atomic mass is 16.5. The highest BCUT2D eigenvalue weighted by Gasteiger charge is 2.18. The van der Waals surface area contributed by atoms with Crippen LogP contribution in [0.5, 0.6) is 5.75 Å². The number of aryl methyl sites for hydroxylation is 2. The molecular weight excluding hydrogens is 370 g/mol. The summed E-state index contributed by atoms with van der Waals surface area (Å²) in [5.41, 5.74) is 3.56. The molecule has 4 aromatic rings. The summed E-state index contributed by atoms with van der Waals surface area (Å²) in [6, 6.07) is 13.0. The molecule has 1 amide bonds. The standard InChI is InChI=1S/C21H19N5O3/c27-21(23-14-4-3-5-15(10-14)26-13-22-24-25-26)12-28-16-8-9-20-18(11-16)17-6-1-2-7-19(17)29-20/h3-5,8-11,13H,1-2,6-7,12H2,(H,23,27). The fraction of sp³-hybridized carbons (Fsp3) is 0.238. The van der Waals surface area contributed by atoms with E-state index in [9.17, 15) is 4.79 Å². The van der Waals surface area contributed by atoms with Crippen LogP contribution in [0.2, 0.25) is 0 Å².